The van der Waals surface area contributed by atoms with Gasteiger partial charge in [-0.3, -0.25) is 4.98 Å². The van der Waals surface area contributed by atoms with Crippen LogP contribution < -0.4 is 5.32 Å². The molecule has 1 saturated heterocycles. The number of aromatic nitrogens is 1. The Balaban J connectivity index is 1.71. The normalized spacial score (nSPS) is 19.6. The molecule has 4 heteroatoms. The van der Waals surface area contributed by atoms with Gasteiger partial charge in [-0.05, 0) is 23.3 Å². The van der Waals surface area contributed by atoms with Gasteiger partial charge >= 0.3 is 6.09 Å². The first kappa shape index (κ1) is 14.5. The molecule has 0 saturated carbocycles. The molecule has 0 spiro atoms. The summed E-state index contributed by atoms with van der Waals surface area (Å²) in [6.07, 6.45) is 1.03. The van der Waals surface area contributed by atoms with E-state index in [2.05, 4.69) is 10.3 Å². The first-order valence-electron chi connectivity index (χ1n) is 7.85. The Morgan fingerprint density at radius 1 is 0.875 bits per heavy atom. The van der Waals surface area contributed by atoms with Crippen molar-refractivity contribution in [1.82, 2.24) is 10.3 Å². The summed E-state index contributed by atoms with van der Waals surface area (Å²) >= 11 is 0. The number of rotatable bonds is 3. The lowest BCUT2D eigenvalue weighted by Gasteiger charge is -2.18. The minimum absolute atomic E-state index is 0.231. The lowest BCUT2D eigenvalue weighted by molar-refractivity contribution is 0.132. The standard InChI is InChI=1S/C20H16N2O2/c23-20-22-18(19(24-20)15-9-5-2-6-10-15)16-11-12-21-17(13-16)14-7-3-1-4-8-14/h1-13,18-19H,(H,22,23)/t18-,19-/m1/s1. The highest BCUT2D eigenvalue weighted by Gasteiger charge is 2.36. The monoisotopic (exact) mass is 316 g/mol. The van der Waals surface area contributed by atoms with Crippen LogP contribution >= 0.6 is 0 Å². The largest absolute Gasteiger partial charge is 0.439 e. The summed E-state index contributed by atoms with van der Waals surface area (Å²) in [5.41, 5.74) is 3.87. The van der Waals surface area contributed by atoms with Gasteiger partial charge in [-0.1, -0.05) is 60.7 Å². The van der Waals surface area contributed by atoms with Crippen molar-refractivity contribution >= 4 is 6.09 Å². The maximum atomic E-state index is 11.8. The number of carbonyl (C=O) groups is 1. The van der Waals surface area contributed by atoms with E-state index in [4.69, 9.17) is 4.74 Å². The van der Waals surface area contributed by atoms with E-state index in [0.29, 0.717) is 0 Å². The van der Waals surface area contributed by atoms with Gasteiger partial charge in [-0.2, -0.15) is 0 Å². The number of cyclic esters (lactones) is 1. The third-order valence-corrected chi connectivity index (χ3v) is 4.15. The van der Waals surface area contributed by atoms with Gasteiger partial charge in [0.05, 0.1) is 11.7 Å². The molecule has 24 heavy (non-hydrogen) atoms. The van der Waals surface area contributed by atoms with Gasteiger partial charge in [0, 0.05) is 11.8 Å². The molecule has 0 aliphatic carbocycles. The van der Waals surface area contributed by atoms with Crippen LogP contribution in [0.1, 0.15) is 23.3 Å². The van der Waals surface area contributed by atoms with Crippen molar-refractivity contribution in [2.45, 2.75) is 12.1 Å². The van der Waals surface area contributed by atoms with Gasteiger partial charge in [0.25, 0.3) is 0 Å². The average molecular weight is 316 g/mol. The smallest absolute Gasteiger partial charge is 0.408 e. The van der Waals surface area contributed by atoms with Crippen LogP contribution in [0.4, 0.5) is 4.79 Å². The van der Waals surface area contributed by atoms with E-state index >= 15 is 0 Å². The summed E-state index contributed by atoms with van der Waals surface area (Å²) < 4.78 is 5.49. The van der Waals surface area contributed by atoms with Crippen LogP contribution in [0, 0.1) is 0 Å². The van der Waals surface area contributed by atoms with E-state index in [9.17, 15) is 4.79 Å². The van der Waals surface area contributed by atoms with Crippen LogP contribution in [0.15, 0.2) is 79.0 Å². The fourth-order valence-electron chi connectivity index (χ4n) is 2.99. The minimum atomic E-state index is -0.396. The Kier molecular flexibility index (Phi) is 3.71. The number of carbonyl (C=O) groups excluding carboxylic acids is 1. The topological polar surface area (TPSA) is 51.2 Å². The molecule has 2 atom stereocenters. The SMILES string of the molecule is O=C1N[C@H](c2ccnc(-c3ccccc3)c2)[C@@H](c2ccccc2)O1. The lowest BCUT2D eigenvalue weighted by atomic mass is 9.96. The second-order valence-corrected chi connectivity index (χ2v) is 5.70. The molecule has 0 bridgehead atoms. The number of hydrogen-bond donors (Lipinski definition) is 1. The molecule has 4 nitrogen and oxygen atoms in total. The van der Waals surface area contributed by atoms with E-state index in [1.807, 2.05) is 72.8 Å². The van der Waals surface area contributed by atoms with Gasteiger partial charge < -0.3 is 10.1 Å². The molecule has 2 aromatic carbocycles. The Bertz CT molecular complexity index is 850. The van der Waals surface area contributed by atoms with Crippen molar-refractivity contribution < 1.29 is 9.53 Å². The average Bonchev–Trinajstić information content (AvgIpc) is 3.05. The number of ether oxygens (including phenoxy) is 1. The molecule has 118 valence electrons. The van der Waals surface area contributed by atoms with Gasteiger partial charge in [0.2, 0.25) is 0 Å². The summed E-state index contributed by atoms with van der Waals surface area (Å²) in [6, 6.07) is 23.4. The highest BCUT2D eigenvalue weighted by Crippen LogP contribution is 2.37. The number of nitrogens with one attached hydrogen (secondary N) is 1. The van der Waals surface area contributed by atoms with E-state index < -0.39 is 6.09 Å². The van der Waals surface area contributed by atoms with E-state index in [0.717, 1.165) is 22.4 Å². The van der Waals surface area contributed by atoms with Gasteiger partial charge in [0.1, 0.15) is 0 Å². The molecule has 1 aliphatic heterocycles. The van der Waals surface area contributed by atoms with E-state index in [-0.39, 0.29) is 12.1 Å². The van der Waals surface area contributed by atoms with Crippen LogP contribution in [0.25, 0.3) is 11.3 Å². The predicted octanol–water partition coefficient (Wildman–Crippen LogP) is 4.27. The Morgan fingerprint density at radius 3 is 2.33 bits per heavy atom. The molecular weight excluding hydrogens is 300 g/mol. The number of amides is 1. The van der Waals surface area contributed by atoms with Gasteiger partial charge in [-0.15, -0.1) is 0 Å². The molecule has 0 unspecified atom stereocenters. The first-order valence-corrected chi connectivity index (χ1v) is 7.85. The molecule has 1 amide bonds. The highest BCUT2D eigenvalue weighted by atomic mass is 16.6. The highest BCUT2D eigenvalue weighted by molar-refractivity contribution is 5.71. The van der Waals surface area contributed by atoms with Crippen molar-refractivity contribution in [2.75, 3.05) is 0 Å². The maximum absolute atomic E-state index is 11.8. The lowest BCUT2D eigenvalue weighted by Crippen LogP contribution is -2.19. The number of alkyl carbamates (subject to hydrolysis) is 1. The summed E-state index contributed by atoms with van der Waals surface area (Å²) in [7, 11) is 0. The van der Waals surface area contributed by atoms with Crippen molar-refractivity contribution in [3.8, 4) is 11.3 Å². The Hall–Kier alpha value is -3.14. The third kappa shape index (κ3) is 2.74. The zero-order valence-corrected chi connectivity index (χ0v) is 12.9. The van der Waals surface area contributed by atoms with Crippen LogP contribution in [-0.4, -0.2) is 11.1 Å². The quantitative estimate of drug-likeness (QED) is 0.785. The minimum Gasteiger partial charge on any atom is -0.439 e. The van der Waals surface area contributed by atoms with Crippen LogP contribution in [0.3, 0.4) is 0 Å². The first-order chi connectivity index (χ1) is 11.8. The molecule has 0 radical (unpaired) electrons. The summed E-state index contributed by atoms with van der Waals surface area (Å²) in [5.74, 6) is 0. The summed E-state index contributed by atoms with van der Waals surface area (Å²) in [5, 5.41) is 2.91. The molecule has 4 rings (SSSR count). The fraction of sp³-hybridized carbons (Fsp3) is 0.100. The molecule has 1 aliphatic rings. The Labute approximate surface area is 140 Å². The zero-order chi connectivity index (χ0) is 16.4. The van der Waals surface area contributed by atoms with E-state index in [1.54, 1.807) is 6.20 Å². The number of hydrogen-bond acceptors (Lipinski definition) is 3. The van der Waals surface area contributed by atoms with Gasteiger partial charge in [-0.25, -0.2) is 4.79 Å². The van der Waals surface area contributed by atoms with Crippen molar-refractivity contribution in [2.24, 2.45) is 0 Å². The summed E-state index contributed by atoms with van der Waals surface area (Å²) in [6.45, 7) is 0. The maximum Gasteiger partial charge on any atom is 0.408 e. The second-order valence-electron chi connectivity index (χ2n) is 5.70. The molecule has 1 fully saturated rings. The Morgan fingerprint density at radius 2 is 1.58 bits per heavy atom. The molecule has 2 heterocycles. The summed E-state index contributed by atoms with van der Waals surface area (Å²) in [4.78, 5) is 16.3. The number of nitrogens with zero attached hydrogens (tertiary/aromatic N) is 1. The van der Waals surface area contributed by atoms with Crippen LogP contribution in [-0.2, 0) is 4.74 Å². The number of benzene rings is 2. The van der Waals surface area contributed by atoms with Crippen molar-refractivity contribution in [3.63, 3.8) is 0 Å². The van der Waals surface area contributed by atoms with Crippen molar-refractivity contribution in [3.05, 3.63) is 90.1 Å². The van der Waals surface area contributed by atoms with Crippen LogP contribution in [0.5, 0.6) is 0 Å². The van der Waals surface area contributed by atoms with E-state index in [1.165, 1.54) is 0 Å². The molecule has 3 aromatic rings. The number of pyridine rings is 1. The van der Waals surface area contributed by atoms with Crippen molar-refractivity contribution in [1.29, 1.82) is 0 Å². The van der Waals surface area contributed by atoms with Gasteiger partial charge in [0.15, 0.2) is 6.10 Å². The van der Waals surface area contributed by atoms with Crippen LogP contribution in [0.2, 0.25) is 0 Å². The zero-order valence-electron chi connectivity index (χ0n) is 12.9. The molecule has 1 N–H and O–H groups in total. The second kappa shape index (κ2) is 6.16. The third-order valence-electron chi connectivity index (χ3n) is 4.15. The predicted molar refractivity (Wildman–Crippen MR) is 91.2 cm³/mol. The molecule has 1 aromatic heterocycles. The fourth-order valence-corrected chi connectivity index (χ4v) is 2.99. The molecular formula is C20H16N2O2.